The Kier molecular flexibility index (Phi) is 5.49. The molecule has 1 unspecified atom stereocenters. The third kappa shape index (κ3) is 5.57. The molecular weight excluding hydrogens is 228 g/mol. The summed E-state index contributed by atoms with van der Waals surface area (Å²) >= 11 is 0. The Morgan fingerprint density at radius 1 is 1.22 bits per heavy atom. The van der Waals surface area contributed by atoms with E-state index in [4.69, 9.17) is 0 Å². The quantitative estimate of drug-likeness (QED) is 0.750. The lowest BCUT2D eigenvalue weighted by molar-refractivity contribution is 0.236. The van der Waals surface area contributed by atoms with E-state index in [-0.39, 0.29) is 17.8 Å². The SMILES string of the molecule is CC(C)CNC(=O)NC(C)Cc1ccc(O)cc1. The van der Waals surface area contributed by atoms with Gasteiger partial charge in [0.1, 0.15) is 5.75 Å². The van der Waals surface area contributed by atoms with Gasteiger partial charge in [0.15, 0.2) is 0 Å². The Morgan fingerprint density at radius 2 is 1.83 bits per heavy atom. The smallest absolute Gasteiger partial charge is 0.315 e. The van der Waals surface area contributed by atoms with Crippen LogP contribution in [0.3, 0.4) is 0 Å². The lowest BCUT2D eigenvalue weighted by atomic mass is 10.1. The molecule has 0 bridgehead atoms. The Labute approximate surface area is 108 Å². The summed E-state index contributed by atoms with van der Waals surface area (Å²) in [4.78, 5) is 11.5. The first-order valence-corrected chi connectivity index (χ1v) is 6.29. The fourth-order valence-electron chi connectivity index (χ4n) is 1.61. The van der Waals surface area contributed by atoms with Crippen molar-refractivity contribution in [2.45, 2.75) is 33.2 Å². The van der Waals surface area contributed by atoms with Crippen LogP contribution in [-0.4, -0.2) is 23.7 Å². The second-order valence-corrected chi connectivity index (χ2v) is 5.02. The van der Waals surface area contributed by atoms with Crippen molar-refractivity contribution < 1.29 is 9.90 Å². The molecule has 0 fully saturated rings. The number of aromatic hydroxyl groups is 1. The molecule has 0 saturated heterocycles. The zero-order valence-electron chi connectivity index (χ0n) is 11.2. The number of nitrogens with one attached hydrogen (secondary N) is 2. The van der Waals surface area contributed by atoms with Crippen LogP contribution in [0.2, 0.25) is 0 Å². The molecule has 4 heteroatoms. The fourth-order valence-corrected chi connectivity index (χ4v) is 1.61. The van der Waals surface area contributed by atoms with Crippen molar-refractivity contribution in [3.63, 3.8) is 0 Å². The standard InChI is InChI=1S/C14H22N2O2/c1-10(2)9-15-14(18)16-11(3)8-12-4-6-13(17)7-5-12/h4-7,10-11,17H,8-9H2,1-3H3,(H2,15,16,18). The molecule has 0 radical (unpaired) electrons. The lowest BCUT2D eigenvalue weighted by Gasteiger charge is -2.15. The molecule has 0 heterocycles. The minimum Gasteiger partial charge on any atom is -0.508 e. The van der Waals surface area contributed by atoms with E-state index in [0.29, 0.717) is 12.5 Å². The van der Waals surface area contributed by atoms with E-state index >= 15 is 0 Å². The number of benzene rings is 1. The molecule has 18 heavy (non-hydrogen) atoms. The summed E-state index contributed by atoms with van der Waals surface area (Å²) in [5.74, 6) is 0.706. The minimum atomic E-state index is -0.130. The summed E-state index contributed by atoms with van der Waals surface area (Å²) in [7, 11) is 0. The highest BCUT2D eigenvalue weighted by atomic mass is 16.3. The van der Waals surface area contributed by atoms with Gasteiger partial charge < -0.3 is 15.7 Å². The maximum Gasteiger partial charge on any atom is 0.315 e. The van der Waals surface area contributed by atoms with E-state index < -0.39 is 0 Å². The molecule has 0 aromatic heterocycles. The number of urea groups is 1. The Bertz CT molecular complexity index is 374. The second-order valence-electron chi connectivity index (χ2n) is 5.02. The van der Waals surface area contributed by atoms with Crippen LogP contribution < -0.4 is 10.6 Å². The predicted molar refractivity (Wildman–Crippen MR) is 72.6 cm³/mol. The van der Waals surface area contributed by atoms with Crippen molar-refractivity contribution in [2.75, 3.05) is 6.54 Å². The number of amides is 2. The molecule has 0 aliphatic heterocycles. The average molecular weight is 250 g/mol. The molecule has 0 aliphatic rings. The summed E-state index contributed by atoms with van der Waals surface area (Å²) < 4.78 is 0. The molecule has 100 valence electrons. The van der Waals surface area contributed by atoms with Crippen LogP contribution in [0, 0.1) is 5.92 Å². The number of carbonyl (C=O) groups is 1. The maximum absolute atomic E-state index is 11.5. The highest BCUT2D eigenvalue weighted by molar-refractivity contribution is 5.74. The third-order valence-electron chi connectivity index (χ3n) is 2.53. The van der Waals surface area contributed by atoms with Crippen LogP contribution in [0.25, 0.3) is 0 Å². The number of hydrogen-bond donors (Lipinski definition) is 3. The predicted octanol–water partition coefficient (Wildman–Crippen LogP) is 2.28. The maximum atomic E-state index is 11.5. The molecule has 1 aromatic carbocycles. The molecule has 0 saturated carbocycles. The number of phenols is 1. The van der Waals surface area contributed by atoms with Crippen molar-refractivity contribution in [1.29, 1.82) is 0 Å². The van der Waals surface area contributed by atoms with E-state index in [0.717, 1.165) is 12.0 Å². The van der Waals surface area contributed by atoms with Crippen molar-refractivity contribution in [2.24, 2.45) is 5.92 Å². The molecule has 1 rings (SSSR count). The van der Waals surface area contributed by atoms with Crippen molar-refractivity contribution in [3.05, 3.63) is 29.8 Å². The highest BCUT2D eigenvalue weighted by Crippen LogP contribution is 2.11. The lowest BCUT2D eigenvalue weighted by Crippen LogP contribution is -2.42. The van der Waals surface area contributed by atoms with Crippen molar-refractivity contribution in [3.8, 4) is 5.75 Å². The molecule has 0 aliphatic carbocycles. The molecule has 4 nitrogen and oxygen atoms in total. The van der Waals surface area contributed by atoms with E-state index in [1.165, 1.54) is 0 Å². The molecule has 2 amide bonds. The van der Waals surface area contributed by atoms with Crippen LogP contribution in [0.5, 0.6) is 5.75 Å². The van der Waals surface area contributed by atoms with Crippen LogP contribution in [0.15, 0.2) is 24.3 Å². The number of carbonyl (C=O) groups excluding carboxylic acids is 1. The Morgan fingerprint density at radius 3 is 2.39 bits per heavy atom. The summed E-state index contributed by atoms with van der Waals surface area (Å²) in [6, 6.07) is 6.96. The van der Waals surface area contributed by atoms with Gasteiger partial charge in [0.25, 0.3) is 0 Å². The van der Waals surface area contributed by atoms with E-state index in [1.807, 2.05) is 19.1 Å². The van der Waals surface area contributed by atoms with E-state index in [2.05, 4.69) is 24.5 Å². The zero-order chi connectivity index (χ0) is 13.5. The van der Waals surface area contributed by atoms with Crippen LogP contribution in [0.1, 0.15) is 26.3 Å². The molecule has 1 aromatic rings. The van der Waals surface area contributed by atoms with E-state index in [9.17, 15) is 9.90 Å². The van der Waals surface area contributed by atoms with Gasteiger partial charge in [-0.1, -0.05) is 26.0 Å². The topological polar surface area (TPSA) is 61.4 Å². The van der Waals surface area contributed by atoms with Gasteiger partial charge in [0, 0.05) is 12.6 Å². The average Bonchev–Trinajstić information content (AvgIpc) is 2.29. The van der Waals surface area contributed by atoms with Gasteiger partial charge in [-0.2, -0.15) is 0 Å². The molecule has 0 spiro atoms. The normalized spacial score (nSPS) is 12.2. The van der Waals surface area contributed by atoms with Gasteiger partial charge in [0.2, 0.25) is 0 Å². The van der Waals surface area contributed by atoms with Gasteiger partial charge in [-0.25, -0.2) is 4.79 Å². The van der Waals surface area contributed by atoms with Crippen LogP contribution in [-0.2, 0) is 6.42 Å². The van der Waals surface area contributed by atoms with Crippen molar-refractivity contribution in [1.82, 2.24) is 10.6 Å². The summed E-state index contributed by atoms with van der Waals surface area (Å²) in [5, 5.41) is 14.9. The molecular formula is C14H22N2O2. The summed E-state index contributed by atoms with van der Waals surface area (Å²) in [6.45, 7) is 6.75. The second kappa shape index (κ2) is 6.89. The van der Waals surface area contributed by atoms with Gasteiger partial charge in [-0.05, 0) is 37.0 Å². The summed E-state index contributed by atoms with van der Waals surface area (Å²) in [6.07, 6.45) is 0.745. The Balaban J connectivity index is 2.34. The number of rotatable bonds is 5. The monoisotopic (exact) mass is 250 g/mol. The van der Waals surface area contributed by atoms with Gasteiger partial charge in [0.05, 0.1) is 0 Å². The van der Waals surface area contributed by atoms with Gasteiger partial charge in [-0.3, -0.25) is 0 Å². The first-order valence-electron chi connectivity index (χ1n) is 6.29. The number of hydrogen-bond acceptors (Lipinski definition) is 2. The van der Waals surface area contributed by atoms with Crippen molar-refractivity contribution >= 4 is 6.03 Å². The zero-order valence-corrected chi connectivity index (χ0v) is 11.2. The Hall–Kier alpha value is -1.71. The van der Waals surface area contributed by atoms with Crippen LogP contribution in [0.4, 0.5) is 4.79 Å². The van der Waals surface area contributed by atoms with Crippen LogP contribution >= 0.6 is 0 Å². The third-order valence-corrected chi connectivity index (χ3v) is 2.53. The molecule has 3 N–H and O–H groups in total. The van der Waals surface area contributed by atoms with Gasteiger partial charge in [-0.15, -0.1) is 0 Å². The van der Waals surface area contributed by atoms with E-state index in [1.54, 1.807) is 12.1 Å². The first kappa shape index (κ1) is 14.4. The first-order chi connectivity index (χ1) is 8.47. The summed E-state index contributed by atoms with van der Waals surface area (Å²) in [5.41, 5.74) is 1.09. The highest BCUT2D eigenvalue weighted by Gasteiger charge is 2.08. The largest absolute Gasteiger partial charge is 0.508 e. The molecule has 1 atom stereocenters. The fraction of sp³-hybridized carbons (Fsp3) is 0.500. The number of phenolic OH excluding ortho intramolecular Hbond substituents is 1. The van der Waals surface area contributed by atoms with Gasteiger partial charge >= 0.3 is 6.03 Å². The minimum absolute atomic E-state index is 0.0571.